The Bertz CT molecular complexity index is 827. The summed E-state index contributed by atoms with van der Waals surface area (Å²) in [5.74, 6) is 0.338. The number of hydrogen-bond acceptors (Lipinski definition) is 2. The van der Waals surface area contributed by atoms with Gasteiger partial charge in [0.15, 0.2) is 0 Å². The van der Waals surface area contributed by atoms with Gasteiger partial charge in [-0.3, -0.25) is 0 Å². The zero-order valence-electron chi connectivity index (χ0n) is 18.7. The fraction of sp³-hybridized carbons (Fsp3) is 0.538. The zero-order valence-corrected chi connectivity index (χ0v) is 20.5. The molecule has 2 aromatic carbocycles. The number of halogens is 3. The highest BCUT2D eigenvalue weighted by Gasteiger charge is 2.36. The molecule has 2 fully saturated rings. The smallest absolute Gasteiger partial charge is 0.131 e. The molecule has 5 heteroatoms. The molecular weight excluding hydrogens is 460 g/mol. The topological polar surface area (TPSA) is 12.5 Å². The number of hydrogen-bond donors (Lipinski definition) is 0. The molecule has 0 N–H and O–H groups in total. The van der Waals surface area contributed by atoms with Crippen molar-refractivity contribution in [2.45, 2.75) is 51.6 Å². The Labute approximate surface area is 195 Å². The molecule has 0 amide bonds. The van der Waals surface area contributed by atoms with Crippen LogP contribution in [-0.2, 0) is 4.74 Å². The second-order valence-electron chi connectivity index (χ2n) is 9.31. The standard InChI is InChI=1S/C26H33F2NO.BrH/c1-17-6-4-7-18(2)24(17)21(16-29(14-19-10-11-19)15-20-12-13-20)26(30-3)25-22(27)8-5-9-23(25)28;/h4-9,19-21,26H,10-16H2,1-3H3;1H. The third-order valence-electron chi connectivity index (χ3n) is 6.70. The molecule has 4 rings (SSSR count). The van der Waals surface area contributed by atoms with Gasteiger partial charge in [0.1, 0.15) is 11.6 Å². The quantitative estimate of drug-likeness (QED) is 0.362. The third-order valence-corrected chi connectivity index (χ3v) is 6.70. The molecule has 0 saturated heterocycles. The van der Waals surface area contributed by atoms with E-state index in [2.05, 4.69) is 30.9 Å². The van der Waals surface area contributed by atoms with E-state index in [4.69, 9.17) is 4.74 Å². The lowest BCUT2D eigenvalue weighted by Gasteiger charge is -2.34. The first-order chi connectivity index (χ1) is 14.5. The number of methoxy groups -OCH3 is 1. The van der Waals surface area contributed by atoms with Gasteiger partial charge in [0.2, 0.25) is 0 Å². The molecular formula is C26H34BrF2NO. The maximum atomic E-state index is 14.8. The van der Waals surface area contributed by atoms with Crippen LogP contribution in [0.3, 0.4) is 0 Å². The molecule has 0 aliphatic heterocycles. The van der Waals surface area contributed by atoms with E-state index in [1.165, 1.54) is 43.9 Å². The summed E-state index contributed by atoms with van der Waals surface area (Å²) in [6, 6.07) is 10.3. The molecule has 2 aliphatic carbocycles. The van der Waals surface area contributed by atoms with Crippen LogP contribution in [0.15, 0.2) is 36.4 Å². The largest absolute Gasteiger partial charge is 0.376 e. The first-order valence-electron chi connectivity index (χ1n) is 11.2. The van der Waals surface area contributed by atoms with E-state index in [1.54, 1.807) is 7.11 Å². The number of ether oxygens (including phenoxy) is 1. The zero-order chi connectivity index (χ0) is 21.3. The molecule has 0 bridgehead atoms. The van der Waals surface area contributed by atoms with Gasteiger partial charge < -0.3 is 9.64 Å². The molecule has 170 valence electrons. The monoisotopic (exact) mass is 493 g/mol. The Morgan fingerprint density at radius 1 is 0.871 bits per heavy atom. The summed E-state index contributed by atoms with van der Waals surface area (Å²) < 4.78 is 35.5. The fourth-order valence-corrected chi connectivity index (χ4v) is 4.85. The highest BCUT2D eigenvalue weighted by molar-refractivity contribution is 8.93. The molecule has 2 nitrogen and oxygen atoms in total. The van der Waals surface area contributed by atoms with Crippen LogP contribution in [0.5, 0.6) is 0 Å². The van der Waals surface area contributed by atoms with E-state index in [0.717, 1.165) is 48.2 Å². The predicted octanol–water partition coefficient (Wildman–Crippen LogP) is 6.75. The van der Waals surface area contributed by atoms with E-state index < -0.39 is 17.7 Å². The first-order valence-corrected chi connectivity index (χ1v) is 11.2. The highest BCUT2D eigenvalue weighted by atomic mass is 79.9. The molecule has 31 heavy (non-hydrogen) atoms. The molecule has 2 atom stereocenters. The van der Waals surface area contributed by atoms with Gasteiger partial charge in [-0.25, -0.2) is 8.78 Å². The van der Waals surface area contributed by atoms with Crippen LogP contribution in [0.2, 0.25) is 0 Å². The average Bonchev–Trinajstić information content (AvgIpc) is 3.61. The van der Waals surface area contributed by atoms with E-state index in [1.807, 2.05) is 6.07 Å². The Morgan fingerprint density at radius 2 is 1.35 bits per heavy atom. The van der Waals surface area contributed by atoms with Gasteiger partial charge in [-0.1, -0.05) is 24.3 Å². The van der Waals surface area contributed by atoms with Crippen molar-refractivity contribution in [3.8, 4) is 0 Å². The van der Waals surface area contributed by atoms with Crippen molar-refractivity contribution in [3.63, 3.8) is 0 Å². The Kier molecular flexibility index (Phi) is 8.28. The minimum Gasteiger partial charge on any atom is -0.376 e. The lowest BCUT2D eigenvalue weighted by Crippen LogP contribution is -2.35. The minimum atomic E-state index is -0.674. The summed E-state index contributed by atoms with van der Waals surface area (Å²) in [5.41, 5.74) is 3.50. The van der Waals surface area contributed by atoms with Gasteiger partial charge in [0.25, 0.3) is 0 Å². The Morgan fingerprint density at radius 3 is 1.81 bits per heavy atom. The summed E-state index contributed by atoms with van der Waals surface area (Å²) >= 11 is 0. The van der Waals surface area contributed by atoms with Crippen LogP contribution in [-0.4, -0.2) is 31.6 Å². The Hall–Kier alpha value is -1.30. The van der Waals surface area contributed by atoms with E-state index in [-0.39, 0.29) is 28.5 Å². The molecule has 0 heterocycles. The third kappa shape index (κ3) is 5.94. The van der Waals surface area contributed by atoms with Crippen molar-refractivity contribution >= 4 is 17.0 Å². The lowest BCUT2D eigenvalue weighted by molar-refractivity contribution is 0.0561. The second-order valence-corrected chi connectivity index (χ2v) is 9.31. The molecule has 0 radical (unpaired) electrons. The molecule has 2 unspecified atom stereocenters. The van der Waals surface area contributed by atoms with E-state index in [9.17, 15) is 8.78 Å². The van der Waals surface area contributed by atoms with Crippen molar-refractivity contribution in [1.82, 2.24) is 4.90 Å². The van der Waals surface area contributed by atoms with Gasteiger partial charge in [-0.05, 0) is 80.2 Å². The molecule has 0 aromatic heterocycles. The van der Waals surface area contributed by atoms with Crippen LogP contribution >= 0.6 is 17.0 Å². The number of aryl methyl sites for hydroxylation is 2. The summed E-state index contributed by atoms with van der Waals surface area (Å²) in [6.07, 6.45) is 4.51. The number of benzene rings is 2. The summed E-state index contributed by atoms with van der Waals surface area (Å²) in [4.78, 5) is 2.54. The normalized spacial score (nSPS) is 18.0. The number of nitrogens with zero attached hydrogens (tertiary/aromatic N) is 1. The average molecular weight is 494 g/mol. The summed E-state index contributed by atoms with van der Waals surface area (Å²) in [5, 5.41) is 0. The van der Waals surface area contributed by atoms with Crippen LogP contribution in [0.25, 0.3) is 0 Å². The van der Waals surface area contributed by atoms with Crippen molar-refractivity contribution in [2.75, 3.05) is 26.7 Å². The maximum absolute atomic E-state index is 14.8. The lowest BCUT2D eigenvalue weighted by atomic mass is 9.83. The minimum absolute atomic E-state index is 0. The van der Waals surface area contributed by atoms with Gasteiger partial charge >= 0.3 is 0 Å². The highest BCUT2D eigenvalue weighted by Crippen LogP contribution is 2.41. The van der Waals surface area contributed by atoms with Crippen LogP contribution in [0, 0.1) is 37.3 Å². The van der Waals surface area contributed by atoms with Crippen molar-refractivity contribution in [2.24, 2.45) is 11.8 Å². The first kappa shape index (κ1) is 24.3. The number of rotatable bonds is 10. The predicted molar refractivity (Wildman–Crippen MR) is 127 cm³/mol. The van der Waals surface area contributed by atoms with Gasteiger partial charge in [0.05, 0.1) is 11.7 Å². The van der Waals surface area contributed by atoms with Gasteiger partial charge in [-0.15, -0.1) is 17.0 Å². The van der Waals surface area contributed by atoms with Crippen molar-refractivity contribution in [3.05, 3.63) is 70.3 Å². The SMILES string of the molecule is Br.COC(c1c(F)cccc1F)C(CN(CC1CC1)CC1CC1)c1c(C)cccc1C. The van der Waals surface area contributed by atoms with Crippen molar-refractivity contribution in [1.29, 1.82) is 0 Å². The molecule has 2 aromatic rings. The van der Waals surface area contributed by atoms with Crippen molar-refractivity contribution < 1.29 is 13.5 Å². The van der Waals surface area contributed by atoms with Crippen LogP contribution < -0.4 is 0 Å². The van der Waals surface area contributed by atoms with E-state index in [0.29, 0.717) is 0 Å². The maximum Gasteiger partial charge on any atom is 0.131 e. The molecule has 2 aliphatic rings. The van der Waals surface area contributed by atoms with E-state index >= 15 is 0 Å². The summed E-state index contributed by atoms with van der Waals surface area (Å²) in [6.45, 7) is 7.09. The second kappa shape index (κ2) is 10.5. The molecule has 2 saturated carbocycles. The molecule has 0 spiro atoms. The summed E-state index contributed by atoms with van der Waals surface area (Å²) in [7, 11) is 1.57. The van der Waals surface area contributed by atoms with Gasteiger partial charge in [-0.2, -0.15) is 0 Å². The Balaban J connectivity index is 0.00000272. The van der Waals surface area contributed by atoms with Gasteiger partial charge in [0, 0.05) is 32.7 Å². The fourth-order valence-electron chi connectivity index (χ4n) is 4.85. The van der Waals surface area contributed by atoms with Crippen LogP contribution in [0.4, 0.5) is 8.78 Å². The van der Waals surface area contributed by atoms with Crippen LogP contribution in [0.1, 0.15) is 60.0 Å².